The number of hydrogen-bond acceptors (Lipinski definition) is 4. The van der Waals surface area contributed by atoms with Crippen LogP contribution in [0, 0.1) is 12.8 Å². The van der Waals surface area contributed by atoms with Gasteiger partial charge in [-0.2, -0.15) is 0 Å². The highest BCUT2D eigenvalue weighted by Crippen LogP contribution is 2.45. The molecule has 9 nitrogen and oxygen atoms in total. The van der Waals surface area contributed by atoms with Gasteiger partial charge in [-0.1, -0.05) is 80.4 Å². The van der Waals surface area contributed by atoms with Crippen LogP contribution in [0.3, 0.4) is 0 Å². The highest BCUT2D eigenvalue weighted by atomic mass is 16.4. The summed E-state index contributed by atoms with van der Waals surface area (Å²) >= 11 is 0. The zero-order valence-corrected chi connectivity index (χ0v) is 23.6. The maximum atomic E-state index is 14.3. The Balaban J connectivity index is 1.43. The van der Waals surface area contributed by atoms with Gasteiger partial charge in [0.25, 0.3) is 11.8 Å². The lowest BCUT2D eigenvalue weighted by Gasteiger charge is -2.36. The number of anilines is 1. The second-order valence-electron chi connectivity index (χ2n) is 11.2. The zero-order chi connectivity index (χ0) is 29.7. The predicted octanol–water partition coefficient (Wildman–Crippen LogP) is 5.19. The van der Waals surface area contributed by atoms with Crippen LogP contribution in [-0.4, -0.2) is 50.9 Å². The molecule has 0 radical (unpaired) electrons. The normalized spacial score (nSPS) is 19.4. The van der Waals surface area contributed by atoms with Gasteiger partial charge >= 0.3 is 12.0 Å². The lowest BCUT2D eigenvalue weighted by atomic mass is 9.88. The molecule has 3 N–H and O–H groups in total. The van der Waals surface area contributed by atoms with Gasteiger partial charge in [0.2, 0.25) is 0 Å². The van der Waals surface area contributed by atoms with Gasteiger partial charge in [0.05, 0.1) is 11.3 Å². The van der Waals surface area contributed by atoms with Crippen LogP contribution in [0.15, 0.2) is 72.8 Å². The zero-order valence-electron chi connectivity index (χ0n) is 23.6. The van der Waals surface area contributed by atoms with Crippen LogP contribution in [0.4, 0.5) is 10.5 Å². The van der Waals surface area contributed by atoms with E-state index in [0.717, 1.165) is 38.2 Å². The summed E-state index contributed by atoms with van der Waals surface area (Å²) in [4.78, 5) is 60.0. The van der Waals surface area contributed by atoms with E-state index in [9.17, 15) is 24.3 Å². The van der Waals surface area contributed by atoms with Gasteiger partial charge < -0.3 is 15.4 Å². The molecule has 1 aromatic heterocycles. The standard InChI is InChI=1S/C33H32N4O5/c1-4-19(3)27(32(40)41)35-30(38)22-10-6-8-12-25(22)37-31(39)26-17-23-21-9-5-7-11-24(21)34-28(23)29(36(26)33(37)42)20-15-13-18(2)14-16-20/h5-16,19,26-27,29,34H,4,17H2,1-3H3,(H,35,38)(H,40,41)/t19?,26-,27-,29?/m0/s1. The molecule has 0 bridgehead atoms. The number of rotatable bonds is 7. The lowest BCUT2D eigenvalue weighted by molar-refractivity contribution is -0.140. The minimum absolute atomic E-state index is 0.0597. The van der Waals surface area contributed by atoms with Crippen LogP contribution < -0.4 is 10.2 Å². The Bertz CT molecular complexity index is 1730. The second-order valence-corrected chi connectivity index (χ2v) is 11.2. The molecule has 0 aliphatic carbocycles. The average molecular weight is 565 g/mol. The topological polar surface area (TPSA) is 123 Å². The minimum Gasteiger partial charge on any atom is -0.480 e. The molecular formula is C33H32N4O5. The molecule has 9 heteroatoms. The van der Waals surface area contributed by atoms with Crippen molar-refractivity contribution in [1.82, 2.24) is 15.2 Å². The first kappa shape index (κ1) is 27.3. The number of carbonyl (C=O) groups excluding carboxylic acids is 3. The molecule has 1 saturated heterocycles. The average Bonchev–Trinajstić information content (AvgIpc) is 3.48. The molecule has 1 fully saturated rings. The smallest absolute Gasteiger partial charge is 0.332 e. The number of benzene rings is 3. The minimum atomic E-state index is -1.14. The van der Waals surface area contributed by atoms with Gasteiger partial charge in [0.1, 0.15) is 18.1 Å². The van der Waals surface area contributed by atoms with E-state index in [0.29, 0.717) is 12.8 Å². The Labute approximate surface area is 243 Å². The Morgan fingerprint density at radius 2 is 1.71 bits per heavy atom. The van der Waals surface area contributed by atoms with E-state index in [-0.39, 0.29) is 17.2 Å². The molecule has 2 aliphatic rings. The number of nitrogens with zero attached hydrogens (tertiary/aromatic N) is 2. The van der Waals surface area contributed by atoms with Crippen molar-refractivity contribution >= 4 is 40.4 Å². The van der Waals surface area contributed by atoms with Crippen LogP contribution in [0.2, 0.25) is 0 Å². The summed E-state index contributed by atoms with van der Waals surface area (Å²) in [6.07, 6.45) is 0.875. The summed E-state index contributed by atoms with van der Waals surface area (Å²) in [7, 11) is 0. The van der Waals surface area contributed by atoms with E-state index in [4.69, 9.17) is 0 Å². The van der Waals surface area contributed by atoms with Crippen molar-refractivity contribution in [2.45, 2.75) is 51.7 Å². The van der Waals surface area contributed by atoms with Crippen LogP contribution in [0.25, 0.3) is 10.9 Å². The van der Waals surface area contributed by atoms with E-state index in [1.165, 1.54) is 6.07 Å². The van der Waals surface area contributed by atoms with Gasteiger partial charge in [0.15, 0.2) is 0 Å². The third kappa shape index (κ3) is 4.32. The number of aromatic amines is 1. The number of nitrogens with one attached hydrogen (secondary N) is 2. The third-order valence-corrected chi connectivity index (χ3v) is 8.60. The first-order valence-corrected chi connectivity index (χ1v) is 14.2. The van der Waals surface area contributed by atoms with Crippen molar-refractivity contribution in [3.63, 3.8) is 0 Å². The van der Waals surface area contributed by atoms with Crippen molar-refractivity contribution < 1.29 is 24.3 Å². The highest BCUT2D eigenvalue weighted by Gasteiger charge is 2.53. The molecule has 0 saturated carbocycles. The number of H-pyrrole nitrogens is 1. The van der Waals surface area contributed by atoms with Crippen molar-refractivity contribution in [2.75, 3.05) is 4.90 Å². The Morgan fingerprint density at radius 1 is 1.02 bits per heavy atom. The largest absolute Gasteiger partial charge is 0.480 e. The quantitative estimate of drug-likeness (QED) is 0.267. The fraction of sp³-hybridized carbons (Fsp3) is 0.273. The summed E-state index contributed by atoms with van der Waals surface area (Å²) in [6, 6.07) is 19.2. The fourth-order valence-electron chi connectivity index (χ4n) is 6.15. The van der Waals surface area contributed by atoms with E-state index >= 15 is 0 Å². The summed E-state index contributed by atoms with van der Waals surface area (Å²) in [5, 5.41) is 13.3. The predicted molar refractivity (Wildman–Crippen MR) is 158 cm³/mol. The molecule has 4 aromatic rings. The Hall–Kier alpha value is -4.92. The maximum absolute atomic E-state index is 14.3. The van der Waals surface area contributed by atoms with E-state index in [2.05, 4.69) is 10.3 Å². The lowest BCUT2D eigenvalue weighted by Crippen LogP contribution is -2.45. The third-order valence-electron chi connectivity index (χ3n) is 8.60. The Morgan fingerprint density at radius 3 is 2.43 bits per heavy atom. The number of aryl methyl sites for hydroxylation is 1. The number of amides is 4. The molecule has 0 spiro atoms. The number of fused-ring (bicyclic) bond motifs is 4. The summed E-state index contributed by atoms with van der Waals surface area (Å²) < 4.78 is 0. The monoisotopic (exact) mass is 564 g/mol. The van der Waals surface area contributed by atoms with Crippen LogP contribution in [0.5, 0.6) is 0 Å². The van der Waals surface area contributed by atoms with Gasteiger partial charge in [0, 0.05) is 23.0 Å². The highest BCUT2D eigenvalue weighted by molar-refractivity contribution is 6.24. The number of aliphatic carboxylic acids is 1. The molecule has 2 aliphatic heterocycles. The first-order valence-electron chi connectivity index (χ1n) is 14.2. The van der Waals surface area contributed by atoms with Crippen LogP contribution in [-0.2, 0) is 16.0 Å². The van der Waals surface area contributed by atoms with E-state index < -0.39 is 41.9 Å². The number of carboxylic acid groups (broad SMARTS) is 1. The van der Waals surface area contributed by atoms with Crippen molar-refractivity contribution in [1.29, 1.82) is 0 Å². The SMILES string of the molecule is CCC(C)[C@H](NC(=O)c1ccccc1N1C(=O)[C@@H]2Cc3c([nH]c4ccccc34)C(c3ccc(C)cc3)N2C1=O)C(=O)O. The molecule has 4 atom stereocenters. The van der Waals surface area contributed by atoms with Gasteiger partial charge in [-0.3, -0.25) is 14.5 Å². The van der Waals surface area contributed by atoms with Crippen LogP contribution >= 0.6 is 0 Å². The van der Waals surface area contributed by atoms with Crippen molar-refractivity contribution in [2.24, 2.45) is 5.92 Å². The number of aromatic nitrogens is 1. The van der Waals surface area contributed by atoms with Gasteiger partial charge in [-0.25, -0.2) is 14.5 Å². The summed E-state index contributed by atoms with van der Waals surface area (Å²) in [5.74, 6) is -2.54. The summed E-state index contributed by atoms with van der Waals surface area (Å²) in [5.41, 5.74) is 4.92. The molecule has 6 rings (SSSR count). The molecule has 42 heavy (non-hydrogen) atoms. The molecule has 4 amide bonds. The van der Waals surface area contributed by atoms with E-state index in [1.54, 1.807) is 30.0 Å². The van der Waals surface area contributed by atoms with Gasteiger partial charge in [-0.15, -0.1) is 0 Å². The van der Waals surface area contributed by atoms with Crippen molar-refractivity contribution in [3.05, 3.63) is 101 Å². The fourth-order valence-corrected chi connectivity index (χ4v) is 6.15. The number of carbonyl (C=O) groups is 4. The number of hydrogen-bond donors (Lipinski definition) is 3. The molecule has 2 unspecified atom stereocenters. The molecular weight excluding hydrogens is 532 g/mol. The van der Waals surface area contributed by atoms with E-state index in [1.807, 2.05) is 62.4 Å². The molecule has 3 heterocycles. The molecule has 3 aromatic carbocycles. The first-order chi connectivity index (χ1) is 20.2. The Kier molecular flexibility index (Phi) is 6.80. The van der Waals surface area contributed by atoms with Crippen LogP contribution in [0.1, 0.15) is 59.1 Å². The van der Waals surface area contributed by atoms with Gasteiger partial charge in [-0.05, 0) is 42.2 Å². The number of urea groups is 1. The number of para-hydroxylation sites is 2. The van der Waals surface area contributed by atoms with Crippen molar-refractivity contribution in [3.8, 4) is 0 Å². The molecule has 214 valence electrons. The second kappa shape index (κ2) is 10.5. The number of imide groups is 1. The summed E-state index contributed by atoms with van der Waals surface area (Å²) in [6.45, 7) is 5.59. The maximum Gasteiger partial charge on any atom is 0.332 e. The number of carboxylic acids is 1.